The van der Waals surface area contributed by atoms with Gasteiger partial charge in [0.05, 0.1) is 0 Å². The largest absolute Gasteiger partial charge is 0.378 e. The first-order valence-corrected chi connectivity index (χ1v) is 8.24. The summed E-state index contributed by atoms with van der Waals surface area (Å²) in [6, 6.07) is 8.10. The van der Waals surface area contributed by atoms with Crippen LogP contribution in [0, 0.1) is 5.92 Å². The molecule has 2 atom stereocenters. The van der Waals surface area contributed by atoms with E-state index < -0.39 is 0 Å². The molecule has 0 saturated heterocycles. The minimum Gasteiger partial charge on any atom is -0.378 e. The van der Waals surface area contributed by atoms with Crippen LogP contribution in [0.2, 0.25) is 0 Å². The Morgan fingerprint density at radius 1 is 1.21 bits per heavy atom. The van der Waals surface area contributed by atoms with Crippen LogP contribution in [0.25, 0.3) is 0 Å². The lowest BCUT2D eigenvalue weighted by Crippen LogP contribution is -2.33. The third-order valence-corrected chi connectivity index (χ3v) is 4.79. The van der Waals surface area contributed by atoms with Gasteiger partial charge in [0.25, 0.3) is 0 Å². The Morgan fingerprint density at radius 2 is 1.96 bits per heavy atom. The van der Waals surface area contributed by atoms with E-state index in [0.29, 0.717) is 18.3 Å². The molecule has 1 N–H and O–H groups in total. The Morgan fingerprint density at radius 3 is 2.67 bits per heavy atom. The molecule has 1 aliphatic heterocycles. The monoisotopic (exact) mass is 323 g/mol. The van der Waals surface area contributed by atoms with Crippen molar-refractivity contribution >= 4 is 17.4 Å². The average Bonchev–Trinajstić information content (AvgIpc) is 3.00. The van der Waals surface area contributed by atoms with Crippen molar-refractivity contribution in [3.05, 3.63) is 47.4 Å². The number of hydrogen-bond acceptors (Lipinski definition) is 5. The van der Waals surface area contributed by atoms with Gasteiger partial charge in [-0.05, 0) is 30.0 Å². The summed E-state index contributed by atoms with van der Waals surface area (Å²) in [4.78, 5) is 19.1. The molecule has 1 aliphatic carbocycles. The van der Waals surface area contributed by atoms with Gasteiger partial charge in [-0.15, -0.1) is 0 Å². The van der Waals surface area contributed by atoms with Crippen LogP contribution < -0.4 is 10.2 Å². The third kappa shape index (κ3) is 2.29. The maximum atomic E-state index is 12.8. The van der Waals surface area contributed by atoms with E-state index in [1.54, 1.807) is 0 Å². The van der Waals surface area contributed by atoms with E-state index in [1.807, 2.05) is 18.8 Å². The van der Waals surface area contributed by atoms with E-state index in [4.69, 9.17) is 0 Å². The van der Waals surface area contributed by atoms with Gasteiger partial charge in [-0.25, -0.2) is 4.68 Å². The predicted octanol–water partition coefficient (Wildman–Crippen LogP) is 2.61. The molecule has 2 aliphatic rings. The lowest BCUT2D eigenvalue weighted by atomic mass is 9.81. The average molecular weight is 323 g/mol. The van der Waals surface area contributed by atoms with Gasteiger partial charge in [-0.2, -0.15) is 10.1 Å². The molecule has 24 heavy (non-hydrogen) atoms. The number of carbonyl (C=O) groups excluding carboxylic acids is 1. The van der Waals surface area contributed by atoms with E-state index in [1.165, 1.54) is 6.33 Å². The first kappa shape index (κ1) is 14.9. The van der Waals surface area contributed by atoms with E-state index in [2.05, 4.69) is 51.5 Å². The number of aromatic nitrogens is 3. The Kier molecular flexibility index (Phi) is 3.40. The highest BCUT2D eigenvalue weighted by Crippen LogP contribution is 2.41. The molecule has 124 valence electrons. The van der Waals surface area contributed by atoms with Gasteiger partial charge in [0.15, 0.2) is 5.78 Å². The number of allylic oxidation sites excluding steroid dienone is 2. The number of ketones is 1. The lowest BCUT2D eigenvalue weighted by molar-refractivity contribution is -0.117. The Balaban J connectivity index is 1.83. The Bertz CT molecular complexity index is 818. The summed E-state index contributed by atoms with van der Waals surface area (Å²) in [5, 5.41) is 7.67. The minimum absolute atomic E-state index is 0.199. The van der Waals surface area contributed by atoms with E-state index in [-0.39, 0.29) is 11.8 Å². The van der Waals surface area contributed by atoms with Gasteiger partial charge in [-0.1, -0.05) is 19.1 Å². The summed E-state index contributed by atoms with van der Waals surface area (Å²) < 4.78 is 1.82. The fraction of sp³-hybridized carbons (Fsp3) is 0.389. The minimum atomic E-state index is -0.199. The zero-order valence-electron chi connectivity index (χ0n) is 14.2. The second-order valence-electron chi connectivity index (χ2n) is 6.87. The second-order valence-corrected chi connectivity index (χ2v) is 6.87. The van der Waals surface area contributed by atoms with Gasteiger partial charge in [0.2, 0.25) is 5.95 Å². The molecule has 6 nitrogen and oxygen atoms in total. The van der Waals surface area contributed by atoms with Gasteiger partial charge in [0.1, 0.15) is 12.4 Å². The number of anilines is 2. The zero-order chi connectivity index (χ0) is 16.8. The molecule has 0 radical (unpaired) electrons. The molecule has 0 bridgehead atoms. The van der Waals surface area contributed by atoms with Crippen molar-refractivity contribution in [2.24, 2.45) is 5.92 Å². The van der Waals surface area contributed by atoms with Crippen LogP contribution in [-0.4, -0.2) is 34.6 Å². The molecule has 2 aromatic rings. The second kappa shape index (κ2) is 5.47. The topological polar surface area (TPSA) is 63.1 Å². The molecule has 1 aromatic heterocycles. The first-order chi connectivity index (χ1) is 11.5. The molecule has 0 unspecified atom stereocenters. The normalized spacial score (nSPS) is 22.7. The number of carbonyl (C=O) groups is 1. The first-order valence-electron chi connectivity index (χ1n) is 8.24. The van der Waals surface area contributed by atoms with E-state index in [9.17, 15) is 4.79 Å². The van der Waals surface area contributed by atoms with Crippen molar-refractivity contribution in [1.29, 1.82) is 0 Å². The maximum absolute atomic E-state index is 12.8. The number of hydrogen-bond donors (Lipinski definition) is 1. The number of benzene rings is 1. The molecule has 0 fully saturated rings. The van der Waals surface area contributed by atoms with Crippen molar-refractivity contribution in [2.45, 2.75) is 25.8 Å². The standard InChI is InChI=1S/C18H21N5O/c1-11-8-14-16(15(24)9-11)17(23-18(21-14)19-10-20-23)12-4-6-13(7-5-12)22(2)3/h4-7,10-11,17H,8-9H2,1-3H3,(H,19,20,21)/t11-,17-/m1/s1. The number of nitrogens with one attached hydrogen (secondary N) is 1. The van der Waals surface area contributed by atoms with E-state index >= 15 is 0 Å². The zero-order valence-corrected chi connectivity index (χ0v) is 14.2. The third-order valence-electron chi connectivity index (χ3n) is 4.79. The Hall–Kier alpha value is -2.63. The molecule has 2 heterocycles. The molecule has 0 amide bonds. The molecular formula is C18H21N5O. The number of Topliss-reactive ketones (excluding diaryl/α,β-unsaturated/α-hetero) is 1. The highest BCUT2D eigenvalue weighted by molar-refractivity contribution is 5.99. The fourth-order valence-electron chi connectivity index (χ4n) is 3.61. The van der Waals surface area contributed by atoms with Crippen molar-refractivity contribution in [2.75, 3.05) is 24.3 Å². The molecule has 0 spiro atoms. The maximum Gasteiger partial charge on any atom is 0.226 e. The van der Waals surface area contributed by atoms with Crippen molar-refractivity contribution in [1.82, 2.24) is 14.8 Å². The number of nitrogens with zero attached hydrogens (tertiary/aromatic N) is 4. The molecule has 6 heteroatoms. The predicted molar refractivity (Wildman–Crippen MR) is 93.0 cm³/mol. The van der Waals surface area contributed by atoms with Crippen LogP contribution in [0.1, 0.15) is 31.4 Å². The van der Waals surface area contributed by atoms with Crippen LogP contribution in [-0.2, 0) is 4.79 Å². The van der Waals surface area contributed by atoms with Gasteiger partial charge in [-0.3, -0.25) is 4.79 Å². The van der Waals surface area contributed by atoms with Crippen molar-refractivity contribution in [3.8, 4) is 0 Å². The molecule has 0 saturated carbocycles. The number of fused-ring (bicyclic) bond motifs is 1. The van der Waals surface area contributed by atoms with Gasteiger partial charge < -0.3 is 10.2 Å². The molecule has 1 aromatic carbocycles. The van der Waals surface area contributed by atoms with Crippen LogP contribution in [0.4, 0.5) is 11.6 Å². The summed E-state index contributed by atoms with van der Waals surface area (Å²) in [6.45, 7) is 2.11. The van der Waals surface area contributed by atoms with E-state index in [0.717, 1.165) is 28.9 Å². The summed E-state index contributed by atoms with van der Waals surface area (Å²) in [5.74, 6) is 1.27. The van der Waals surface area contributed by atoms with Gasteiger partial charge >= 0.3 is 0 Å². The summed E-state index contributed by atoms with van der Waals surface area (Å²) in [7, 11) is 4.03. The highest BCUT2D eigenvalue weighted by atomic mass is 16.1. The van der Waals surface area contributed by atoms with Crippen LogP contribution in [0.3, 0.4) is 0 Å². The summed E-state index contributed by atoms with van der Waals surface area (Å²) >= 11 is 0. The van der Waals surface area contributed by atoms with Crippen molar-refractivity contribution < 1.29 is 4.79 Å². The fourth-order valence-corrected chi connectivity index (χ4v) is 3.61. The SMILES string of the molecule is C[C@H]1CC(=O)C2=C(C1)Nc1ncnn1[C@@H]2c1ccc(N(C)C)cc1. The highest BCUT2D eigenvalue weighted by Gasteiger charge is 2.37. The summed E-state index contributed by atoms with van der Waals surface area (Å²) in [5.41, 5.74) is 4.03. The van der Waals surface area contributed by atoms with Crippen molar-refractivity contribution in [3.63, 3.8) is 0 Å². The molecule has 4 rings (SSSR count). The van der Waals surface area contributed by atoms with Crippen LogP contribution >= 0.6 is 0 Å². The number of rotatable bonds is 2. The quantitative estimate of drug-likeness (QED) is 0.920. The van der Waals surface area contributed by atoms with Gasteiger partial charge in [0, 0.05) is 37.5 Å². The van der Waals surface area contributed by atoms with Crippen LogP contribution in [0.5, 0.6) is 0 Å². The smallest absolute Gasteiger partial charge is 0.226 e. The lowest BCUT2D eigenvalue weighted by Gasteiger charge is -2.34. The van der Waals surface area contributed by atoms with Crippen LogP contribution in [0.15, 0.2) is 41.9 Å². The molecular weight excluding hydrogens is 302 g/mol. The summed E-state index contributed by atoms with van der Waals surface area (Å²) in [6.07, 6.45) is 3.01. The Labute approximate surface area is 141 Å².